The summed E-state index contributed by atoms with van der Waals surface area (Å²) in [5, 5.41) is 0. The van der Waals surface area contributed by atoms with Crippen molar-refractivity contribution in [1.29, 1.82) is 0 Å². The predicted molar refractivity (Wildman–Crippen MR) is 84.8 cm³/mol. The normalized spacial score (nSPS) is 18.3. The van der Waals surface area contributed by atoms with Crippen LogP contribution in [0.25, 0.3) is 0 Å². The quantitative estimate of drug-likeness (QED) is 0.672. The molecule has 2 aromatic carbocycles. The number of carbonyl (C=O) groups excluding carboxylic acids is 2. The Morgan fingerprint density at radius 1 is 1.10 bits per heavy atom. The smallest absolute Gasteiger partial charge is 0.241 e. The van der Waals surface area contributed by atoms with Crippen LogP contribution in [0, 0.1) is 0 Å². The van der Waals surface area contributed by atoms with E-state index in [1.807, 2.05) is 30.3 Å². The molecule has 0 spiro atoms. The van der Waals surface area contributed by atoms with Crippen LogP contribution in [0.15, 0.2) is 53.0 Å². The average molecular weight is 345 g/mol. The highest BCUT2D eigenvalue weighted by Crippen LogP contribution is 2.34. The number of carbonyl (C=O) groups is 2. The molecule has 1 heterocycles. The monoisotopic (exact) mass is 344 g/mol. The molecule has 3 rings (SSSR count). The molecule has 1 saturated heterocycles. The van der Waals surface area contributed by atoms with E-state index in [0.717, 1.165) is 10.0 Å². The van der Waals surface area contributed by atoms with Crippen LogP contribution < -0.4 is 10.6 Å². The van der Waals surface area contributed by atoms with Gasteiger partial charge in [0, 0.05) is 16.6 Å². The Bertz CT molecular complexity index is 715. The molecule has 0 aliphatic carbocycles. The Morgan fingerprint density at radius 2 is 1.81 bits per heavy atom. The molecular weight excluding hydrogens is 332 g/mol. The van der Waals surface area contributed by atoms with Gasteiger partial charge in [-0.15, -0.1) is 0 Å². The third kappa shape index (κ3) is 2.45. The number of amides is 2. The fraction of sp³-hybridized carbons (Fsp3) is 0.125. The van der Waals surface area contributed by atoms with Crippen LogP contribution >= 0.6 is 15.9 Å². The number of benzene rings is 2. The van der Waals surface area contributed by atoms with Crippen LogP contribution in [-0.2, 0) is 9.59 Å². The number of hydrogen-bond acceptors (Lipinski definition) is 3. The lowest BCUT2D eigenvalue weighted by Gasteiger charge is -2.16. The van der Waals surface area contributed by atoms with Crippen LogP contribution in [0.1, 0.15) is 17.9 Å². The summed E-state index contributed by atoms with van der Waals surface area (Å²) >= 11 is 3.30. The van der Waals surface area contributed by atoms with Crippen molar-refractivity contribution >= 4 is 39.1 Å². The molecule has 1 aliphatic rings. The standard InChI is InChI=1S/C16H13BrN2O2/c17-13-7-6-11(8-14(13)18)19-15(20)9-12(16(19)21)10-4-2-1-3-5-10/h1-8,12H,9,18H2. The molecule has 0 saturated carbocycles. The van der Waals surface area contributed by atoms with Crippen molar-refractivity contribution in [3.05, 3.63) is 58.6 Å². The van der Waals surface area contributed by atoms with Gasteiger partial charge in [0.15, 0.2) is 0 Å². The van der Waals surface area contributed by atoms with Crippen molar-refractivity contribution < 1.29 is 9.59 Å². The molecule has 5 heteroatoms. The van der Waals surface area contributed by atoms with Crippen LogP contribution in [0.2, 0.25) is 0 Å². The molecular formula is C16H13BrN2O2. The van der Waals surface area contributed by atoms with E-state index in [0.29, 0.717) is 11.4 Å². The number of anilines is 2. The maximum atomic E-state index is 12.6. The third-order valence-corrected chi connectivity index (χ3v) is 4.31. The molecule has 106 valence electrons. The molecule has 1 fully saturated rings. The number of hydrogen-bond donors (Lipinski definition) is 1. The molecule has 0 aromatic heterocycles. The van der Waals surface area contributed by atoms with E-state index < -0.39 is 5.92 Å². The Hall–Kier alpha value is -2.14. The number of imide groups is 1. The first-order chi connectivity index (χ1) is 10.1. The zero-order valence-electron chi connectivity index (χ0n) is 11.1. The largest absolute Gasteiger partial charge is 0.398 e. The number of rotatable bonds is 2. The summed E-state index contributed by atoms with van der Waals surface area (Å²) in [5.41, 5.74) is 7.71. The number of nitrogens with zero attached hydrogens (tertiary/aromatic N) is 1. The lowest BCUT2D eigenvalue weighted by atomic mass is 9.98. The SMILES string of the molecule is Nc1cc(N2C(=O)CC(c3ccccc3)C2=O)ccc1Br. The Balaban J connectivity index is 1.96. The molecule has 1 atom stereocenters. The van der Waals surface area contributed by atoms with E-state index >= 15 is 0 Å². The average Bonchev–Trinajstić information content (AvgIpc) is 2.78. The maximum Gasteiger partial charge on any atom is 0.241 e. The molecule has 4 nitrogen and oxygen atoms in total. The second-order valence-corrected chi connectivity index (χ2v) is 5.79. The van der Waals surface area contributed by atoms with E-state index in [1.54, 1.807) is 18.2 Å². The highest BCUT2D eigenvalue weighted by Gasteiger charge is 2.40. The molecule has 0 radical (unpaired) electrons. The molecule has 2 N–H and O–H groups in total. The van der Waals surface area contributed by atoms with Gasteiger partial charge in [-0.1, -0.05) is 30.3 Å². The molecule has 1 unspecified atom stereocenters. The number of halogens is 1. The molecule has 2 amide bonds. The number of nitrogens with two attached hydrogens (primary N) is 1. The van der Waals surface area contributed by atoms with Crippen molar-refractivity contribution in [2.45, 2.75) is 12.3 Å². The van der Waals surface area contributed by atoms with Crippen LogP contribution in [0.4, 0.5) is 11.4 Å². The van der Waals surface area contributed by atoms with E-state index in [4.69, 9.17) is 5.73 Å². The summed E-state index contributed by atoms with van der Waals surface area (Å²) < 4.78 is 0.741. The molecule has 1 aliphatic heterocycles. The van der Waals surface area contributed by atoms with Crippen LogP contribution in [-0.4, -0.2) is 11.8 Å². The van der Waals surface area contributed by atoms with Gasteiger partial charge in [-0.05, 0) is 39.7 Å². The van der Waals surface area contributed by atoms with Gasteiger partial charge < -0.3 is 5.73 Å². The minimum atomic E-state index is -0.413. The van der Waals surface area contributed by atoms with E-state index in [9.17, 15) is 9.59 Å². The summed E-state index contributed by atoms with van der Waals surface area (Å²) in [6.07, 6.45) is 0.193. The van der Waals surface area contributed by atoms with Gasteiger partial charge in [-0.2, -0.15) is 0 Å². The van der Waals surface area contributed by atoms with E-state index in [1.165, 1.54) is 4.90 Å². The summed E-state index contributed by atoms with van der Waals surface area (Å²) in [7, 11) is 0. The molecule has 0 bridgehead atoms. The summed E-state index contributed by atoms with van der Waals surface area (Å²) in [4.78, 5) is 26.0. The fourth-order valence-electron chi connectivity index (χ4n) is 2.52. The van der Waals surface area contributed by atoms with Gasteiger partial charge in [-0.3, -0.25) is 9.59 Å². The molecule has 21 heavy (non-hydrogen) atoms. The van der Waals surface area contributed by atoms with Gasteiger partial charge in [-0.25, -0.2) is 4.90 Å². The van der Waals surface area contributed by atoms with Crippen LogP contribution in [0.3, 0.4) is 0 Å². The first-order valence-electron chi connectivity index (χ1n) is 6.54. The highest BCUT2D eigenvalue weighted by atomic mass is 79.9. The summed E-state index contributed by atoms with van der Waals surface area (Å²) in [6.45, 7) is 0. The first kappa shape index (κ1) is 13.8. The van der Waals surface area contributed by atoms with E-state index in [2.05, 4.69) is 15.9 Å². The van der Waals surface area contributed by atoms with Gasteiger partial charge in [0.25, 0.3) is 0 Å². The first-order valence-corrected chi connectivity index (χ1v) is 7.34. The highest BCUT2D eigenvalue weighted by molar-refractivity contribution is 9.10. The minimum Gasteiger partial charge on any atom is -0.398 e. The van der Waals surface area contributed by atoms with Gasteiger partial charge in [0.1, 0.15) is 0 Å². The lowest BCUT2D eigenvalue weighted by molar-refractivity contribution is -0.121. The Labute approximate surface area is 130 Å². The van der Waals surface area contributed by atoms with Crippen molar-refractivity contribution in [3.8, 4) is 0 Å². The second-order valence-electron chi connectivity index (χ2n) is 4.94. The van der Waals surface area contributed by atoms with Crippen molar-refractivity contribution in [3.63, 3.8) is 0 Å². The van der Waals surface area contributed by atoms with E-state index in [-0.39, 0.29) is 18.2 Å². The second kappa shape index (κ2) is 5.33. The fourth-order valence-corrected chi connectivity index (χ4v) is 2.77. The summed E-state index contributed by atoms with van der Waals surface area (Å²) in [6, 6.07) is 14.4. The predicted octanol–water partition coefficient (Wildman–Crippen LogP) is 3.08. The minimum absolute atomic E-state index is 0.193. The van der Waals surface area contributed by atoms with Gasteiger partial charge >= 0.3 is 0 Å². The Kier molecular flexibility index (Phi) is 3.51. The Morgan fingerprint density at radius 3 is 2.48 bits per heavy atom. The maximum absolute atomic E-state index is 12.6. The summed E-state index contributed by atoms with van der Waals surface area (Å²) in [5.74, 6) is -0.813. The van der Waals surface area contributed by atoms with Crippen LogP contribution in [0.5, 0.6) is 0 Å². The van der Waals surface area contributed by atoms with Crippen molar-refractivity contribution in [2.24, 2.45) is 0 Å². The van der Waals surface area contributed by atoms with Crippen molar-refractivity contribution in [2.75, 3.05) is 10.6 Å². The van der Waals surface area contributed by atoms with Gasteiger partial charge in [0.05, 0.1) is 11.6 Å². The number of nitrogen functional groups attached to an aromatic ring is 1. The van der Waals surface area contributed by atoms with Gasteiger partial charge in [0.2, 0.25) is 11.8 Å². The zero-order valence-corrected chi connectivity index (χ0v) is 12.7. The third-order valence-electron chi connectivity index (χ3n) is 3.59. The lowest BCUT2D eigenvalue weighted by Crippen LogP contribution is -2.30. The zero-order chi connectivity index (χ0) is 15.0. The van der Waals surface area contributed by atoms with Crippen molar-refractivity contribution in [1.82, 2.24) is 0 Å². The topological polar surface area (TPSA) is 63.4 Å². The molecule has 2 aromatic rings.